The van der Waals surface area contributed by atoms with Gasteiger partial charge in [-0.05, 0) is 32.6 Å². The molecule has 15 heavy (non-hydrogen) atoms. The number of ether oxygens (including phenoxy) is 1. The molecule has 1 amide bonds. The Kier molecular flexibility index (Phi) is 2.98. The number of likely N-dealkylation sites (tertiary alicyclic amines) is 1. The molecule has 2 aliphatic heterocycles. The van der Waals surface area contributed by atoms with Gasteiger partial charge in [-0.1, -0.05) is 0 Å². The van der Waals surface area contributed by atoms with E-state index < -0.39 is 5.60 Å². The molecular formula is C11H19NO3. The summed E-state index contributed by atoms with van der Waals surface area (Å²) >= 11 is 0. The van der Waals surface area contributed by atoms with Crippen LogP contribution >= 0.6 is 0 Å². The normalized spacial score (nSPS) is 30.5. The second kappa shape index (κ2) is 4.10. The fourth-order valence-corrected chi connectivity index (χ4v) is 2.18. The van der Waals surface area contributed by atoms with Crippen LogP contribution in [-0.4, -0.2) is 47.3 Å². The van der Waals surface area contributed by atoms with Gasteiger partial charge in [0.05, 0.1) is 5.60 Å². The van der Waals surface area contributed by atoms with Crippen molar-refractivity contribution in [2.75, 3.05) is 19.7 Å². The van der Waals surface area contributed by atoms with E-state index in [-0.39, 0.29) is 12.0 Å². The summed E-state index contributed by atoms with van der Waals surface area (Å²) in [7, 11) is 0. The predicted molar refractivity (Wildman–Crippen MR) is 55.4 cm³/mol. The van der Waals surface area contributed by atoms with Gasteiger partial charge in [-0.2, -0.15) is 0 Å². The molecule has 1 atom stereocenters. The molecule has 0 aliphatic carbocycles. The number of aliphatic hydroxyl groups is 1. The van der Waals surface area contributed by atoms with Gasteiger partial charge in [-0.3, -0.25) is 4.79 Å². The van der Waals surface area contributed by atoms with E-state index in [1.165, 1.54) is 0 Å². The van der Waals surface area contributed by atoms with Crippen LogP contribution < -0.4 is 0 Å². The van der Waals surface area contributed by atoms with E-state index in [0.717, 1.165) is 12.8 Å². The van der Waals surface area contributed by atoms with Crippen molar-refractivity contribution in [3.63, 3.8) is 0 Å². The van der Waals surface area contributed by atoms with Crippen molar-refractivity contribution in [3.05, 3.63) is 0 Å². The molecule has 2 fully saturated rings. The molecule has 0 radical (unpaired) electrons. The predicted octanol–water partition coefficient (Wildman–Crippen LogP) is 0.539. The van der Waals surface area contributed by atoms with E-state index >= 15 is 0 Å². The lowest BCUT2D eigenvalue weighted by molar-refractivity contribution is -0.144. The minimum Gasteiger partial charge on any atom is -0.390 e. The quantitative estimate of drug-likeness (QED) is 0.691. The second-order valence-electron chi connectivity index (χ2n) is 4.82. The zero-order valence-electron chi connectivity index (χ0n) is 9.24. The number of piperidine rings is 1. The van der Waals surface area contributed by atoms with Crippen molar-refractivity contribution < 1.29 is 14.6 Å². The van der Waals surface area contributed by atoms with Crippen molar-refractivity contribution in [3.8, 4) is 0 Å². The maximum atomic E-state index is 11.9. The van der Waals surface area contributed by atoms with Gasteiger partial charge in [0, 0.05) is 19.7 Å². The number of hydrogen-bond donors (Lipinski definition) is 1. The Balaban J connectivity index is 1.87. The number of amides is 1. The largest absolute Gasteiger partial charge is 0.390 e. The molecule has 0 unspecified atom stereocenters. The summed E-state index contributed by atoms with van der Waals surface area (Å²) < 4.78 is 5.37. The molecule has 0 aromatic heterocycles. The van der Waals surface area contributed by atoms with E-state index in [1.54, 1.807) is 0 Å². The highest BCUT2D eigenvalue weighted by Gasteiger charge is 2.33. The number of carbonyl (C=O) groups is 1. The van der Waals surface area contributed by atoms with Crippen LogP contribution in [0.1, 0.15) is 32.6 Å². The Labute approximate surface area is 90.2 Å². The van der Waals surface area contributed by atoms with Crippen LogP contribution in [-0.2, 0) is 9.53 Å². The first-order chi connectivity index (χ1) is 7.08. The molecule has 0 spiro atoms. The van der Waals surface area contributed by atoms with E-state index in [4.69, 9.17) is 4.74 Å². The molecule has 4 nitrogen and oxygen atoms in total. The zero-order valence-corrected chi connectivity index (χ0v) is 9.24. The Morgan fingerprint density at radius 3 is 2.67 bits per heavy atom. The first-order valence-corrected chi connectivity index (χ1v) is 5.71. The molecule has 2 rings (SSSR count). The molecule has 4 heteroatoms. The summed E-state index contributed by atoms with van der Waals surface area (Å²) in [6.07, 6.45) is 2.97. The molecule has 2 aliphatic rings. The first-order valence-electron chi connectivity index (χ1n) is 5.71. The summed E-state index contributed by atoms with van der Waals surface area (Å²) in [6.45, 7) is 3.86. The molecule has 0 saturated carbocycles. The highest BCUT2D eigenvalue weighted by Crippen LogP contribution is 2.23. The Bertz CT molecular complexity index is 236. The smallest absolute Gasteiger partial charge is 0.251 e. The van der Waals surface area contributed by atoms with Gasteiger partial charge in [-0.15, -0.1) is 0 Å². The van der Waals surface area contributed by atoms with Crippen LogP contribution in [0.5, 0.6) is 0 Å². The van der Waals surface area contributed by atoms with Gasteiger partial charge in [0.15, 0.2) is 0 Å². The number of carbonyl (C=O) groups excluding carboxylic acids is 1. The number of hydrogen-bond acceptors (Lipinski definition) is 3. The third kappa shape index (κ3) is 2.49. The van der Waals surface area contributed by atoms with Gasteiger partial charge in [0.1, 0.15) is 6.10 Å². The second-order valence-corrected chi connectivity index (χ2v) is 4.82. The van der Waals surface area contributed by atoms with Crippen molar-refractivity contribution in [1.82, 2.24) is 4.90 Å². The van der Waals surface area contributed by atoms with Gasteiger partial charge >= 0.3 is 0 Å². The van der Waals surface area contributed by atoms with Crippen molar-refractivity contribution in [2.45, 2.75) is 44.3 Å². The fourth-order valence-electron chi connectivity index (χ4n) is 2.18. The van der Waals surface area contributed by atoms with Crippen molar-refractivity contribution in [1.29, 1.82) is 0 Å². The monoisotopic (exact) mass is 213 g/mol. The van der Waals surface area contributed by atoms with Crippen molar-refractivity contribution in [2.24, 2.45) is 0 Å². The lowest BCUT2D eigenvalue weighted by Gasteiger charge is -2.36. The zero-order chi connectivity index (χ0) is 10.9. The Hall–Kier alpha value is -0.610. The Morgan fingerprint density at radius 1 is 1.47 bits per heavy atom. The molecule has 1 N–H and O–H groups in total. The maximum absolute atomic E-state index is 11.9. The summed E-state index contributed by atoms with van der Waals surface area (Å²) in [4.78, 5) is 13.8. The maximum Gasteiger partial charge on any atom is 0.251 e. The van der Waals surface area contributed by atoms with Crippen LogP contribution in [0.15, 0.2) is 0 Å². The minimum atomic E-state index is -0.590. The summed E-state index contributed by atoms with van der Waals surface area (Å²) in [6, 6.07) is 0. The average Bonchev–Trinajstić information content (AvgIpc) is 2.69. The SMILES string of the molecule is CC1(O)CCN(C(=O)[C@@H]2CCCO2)CC1. The van der Waals surface area contributed by atoms with Gasteiger partial charge in [0.2, 0.25) is 0 Å². The van der Waals surface area contributed by atoms with Crippen LogP contribution in [0.25, 0.3) is 0 Å². The van der Waals surface area contributed by atoms with Crippen LogP contribution in [0.3, 0.4) is 0 Å². The summed E-state index contributed by atoms with van der Waals surface area (Å²) in [5, 5.41) is 9.77. The highest BCUT2D eigenvalue weighted by atomic mass is 16.5. The van der Waals surface area contributed by atoms with Crippen molar-refractivity contribution >= 4 is 5.91 Å². The van der Waals surface area contributed by atoms with Crippen LogP contribution in [0.2, 0.25) is 0 Å². The lowest BCUT2D eigenvalue weighted by atomic mass is 9.93. The third-order valence-corrected chi connectivity index (χ3v) is 3.36. The standard InChI is InChI=1S/C11H19NO3/c1-11(14)4-6-12(7-5-11)10(13)9-3-2-8-15-9/h9,14H,2-8H2,1H3/t9-/m0/s1. The Morgan fingerprint density at radius 2 is 2.13 bits per heavy atom. The minimum absolute atomic E-state index is 0.114. The molecular weight excluding hydrogens is 194 g/mol. The highest BCUT2D eigenvalue weighted by molar-refractivity contribution is 5.81. The van der Waals surface area contributed by atoms with Gasteiger partial charge in [-0.25, -0.2) is 0 Å². The number of rotatable bonds is 1. The molecule has 0 bridgehead atoms. The number of nitrogens with zero attached hydrogens (tertiary/aromatic N) is 1. The van der Waals surface area contributed by atoms with E-state index in [1.807, 2.05) is 11.8 Å². The lowest BCUT2D eigenvalue weighted by Crippen LogP contribution is -2.48. The fraction of sp³-hybridized carbons (Fsp3) is 0.909. The third-order valence-electron chi connectivity index (χ3n) is 3.36. The molecule has 86 valence electrons. The van der Waals surface area contributed by atoms with Gasteiger partial charge in [0.25, 0.3) is 5.91 Å². The van der Waals surface area contributed by atoms with E-state index in [9.17, 15) is 9.90 Å². The molecule has 2 heterocycles. The summed E-state index contributed by atoms with van der Waals surface area (Å²) in [5.74, 6) is 0.114. The average molecular weight is 213 g/mol. The van der Waals surface area contributed by atoms with E-state index in [0.29, 0.717) is 32.5 Å². The van der Waals surface area contributed by atoms with Gasteiger partial charge < -0.3 is 14.7 Å². The molecule has 0 aromatic rings. The molecule has 0 aromatic carbocycles. The summed E-state index contributed by atoms with van der Waals surface area (Å²) in [5.41, 5.74) is -0.590. The van der Waals surface area contributed by atoms with E-state index in [2.05, 4.69) is 0 Å². The van der Waals surface area contributed by atoms with Crippen LogP contribution in [0, 0.1) is 0 Å². The molecule has 2 saturated heterocycles. The van der Waals surface area contributed by atoms with Crippen LogP contribution in [0.4, 0.5) is 0 Å². The topological polar surface area (TPSA) is 49.8 Å². The first kappa shape index (κ1) is 10.9.